The molecule has 0 aliphatic rings. The first kappa shape index (κ1) is 62.6. The van der Waals surface area contributed by atoms with Crippen LogP contribution < -0.4 is 0 Å². The lowest BCUT2D eigenvalue weighted by Gasteiger charge is -2.18. The first-order chi connectivity index (χ1) is 32.0. The SMILES string of the molecule is CC/C=C\C/C=C\C/C=C\CCCCCCCC(=O)O[C@H](COC(=O)CCCCCCCCCCCCCCC)COC(=O)CCCCCCCCCCCCCCCCCCCCC. The number of allylic oxidation sites excluding steroid dienone is 6. The van der Waals surface area contributed by atoms with Gasteiger partial charge in [0.05, 0.1) is 0 Å². The van der Waals surface area contributed by atoms with Crippen molar-refractivity contribution in [1.29, 1.82) is 0 Å². The van der Waals surface area contributed by atoms with Crippen LogP contribution in [0.4, 0.5) is 0 Å². The van der Waals surface area contributed by atoms with Gasteiger partial charge in [0.25, 0.3) is 0 Å². The van der Waals surface area contributed by atoms with E-state index >= 15 is 0 Å². The summed E-state index contributed by atoms with van der Waals surface area (Å²) >= 11 is 0. The highest BCUT2D eigenvalue weighted by Gasteiger charge is 2.19. The topological polar surface area (TPSA) is 78.9 Å². The van der Waals surface area contributed by atoms with E-state index < -0.39 is 6.10 Å². The van der Waals surface area contributed by atoms with Gasteiger partial charge in [0, 0.05) is 19.3 Å². The molecule has 0 rings (SSSR count). The summed E-state index contributed by atoms with van der Waals surface area (Å²) in [6.45, 7) is 6.56. The van der Waals surface area contributed by atoms with Gasteiger partial charge in [0.15, 0.2) is 6.10 Å². The highest BCUT2D eigenvalue weighted by molar-refractivity contribution is 5.71. The first-order valence-corrected chi connectivity index (χ1v) is 28.5. The average Bonchev–Trinajstić information content (AvgIpc) is 3.30. The van der Waals surface area contributed by atoms with Crippen molar-refractivity contribution in [2.24, 2.45) is 0 Å². The number of carbonyl (C=O) groups is 3. The van der Waals surface area contributed by atoms with E-state index in [2.05, 4.69) is 57.2 Å². The molecule has 0 radical (unpaired) electrons. The van der Waals surface area contributed by atoms with Crippen LogP contribution in [0.25, 0.3) is 0 Å². The van der Waals surface area contributed by atoms with Crippen LogP contribution in [0.1, 0.15) is 303 Å². The van der Waals surface area contributed by atoms with Crippen molar-refractivity contribution in [2.75, 3.05) is 13.2 Å². The Balaban J connectivity index is 4.32. The van der Waals surface area contributed by atoms with E-state index in [-0.39, 0.29) is 31.1 Å². The number of unbranched alkanes of at least 4 members (excludes halogenated alkanes) is 35. The van der Waals surface area contributed by atoms with E-state index in [9.17, 15) is 14.4 Å². The van der Waals surface area contributed by atoms with Crippen LogP contribution in [0, 0.1) is 0 Å². The maximum absolute atomic E-state index is 12.8. The smallest absolute Gasteiger partial charge is 0.306 e. The zero-order valence-corrected chi connectivity index (χ0v) is 43.5. The average molecular weight is 914 g/mol. The Hall–Kier alpha value is -2.37. The molecule has 0 heterocycles. The summed E-state index contributed by atoms with van der Waals surface area (Å²) in [5, 5.41) is 0. The summed E-state index contributed by atoms with van der Waals surface area (Å²) in [5.41, 5.74) is 0. The lowest BCUT2D eigenvalue weighted by molar-refractivity contribution is -0.167. The molecule has 1 atom stereocenters. The second kappa shape index (κ2) is 54.2. The zero-order chi connectivity index (χ0) is 47.2. The van der Waals surface area contributed by atoms with Crippen molar-refractivity contribution in [3.63, 3.8) is 0 Å². The molecule has 6 nitrogen and oxygen atoms in total. The summed E-state index contributed by atoms with van der Waals surface area (Å²) in [4.78, 5) is 38.1. The maximum atomic E-state index is 12.8. The van der Waals surface area contributed by atoms with Crippen molar-refractivity contribution in [3.05, 3.63) is 36.5 Å². The molecule has 0 bridgehead atoms. The summed E-state index contributed by atoms with van der Waals surface area (Å²) in [5.74, 6) is -0.873. The van der Waals surface area contributed by atoms with Crippen LogP contribution in [0.2, 0.25) is 0 Å². The summed E-state index contributed by atoms with van der Waals surface area (Å²) in [7, 11) is 0. The Kier molecular flexibility index (Phi) is 52.3. The Morgan fingerprint density at radius 2 is 0.600 bits per heavy atom. The molecule has 0 spiro atoms. The zero-order valence-electron chi connectivity index (χ0n) is 43.5. The van der Waals surface area contributed by atoms with E-state index in [0.717, 1.165) is 96.3 Å². The van der Waals surface area contributed by atoms with Gasteiger partial charge in [-0.05, 0) is 51.4 Å². The molecule has 65 heavy (non-hydrogen) atoms. The molecule has 0 aromatic rings. The normalized spacial score (nSPS) is 12.2. The van der Waals surface area contributed by atoms with E-state index in [1.165, 1.54) is 167 Å². The Morgan fingerprint density at radius 1 is 0.323 bits per heavy atom. The largest absolute Gasteiger partial charge is 0.462 e. The van der Waals surface area contributed by atoms with Gasteiger partial charge in [-0.3, -0.25) is 14.4 Å². The summed E-state index contributed by atoms with van der Waals surface area (Å²) in [6, 6.07) is 0. The van der Waals surface area contributed by atoms with Gasteiger partial charge in [-0.2, -0.15) is 0 Å². The van der Waals surface area contributed by atoms with Crippen molar-refractivity contribution in [1.82, 2.24) is 0 Å². The number of rotatable bonds is 52. The third-order valence-corrected chi connectivity index (χ3v) is 12.7. The molecule has 0 saturated heterocycles. The fraction of sp³-hybridized carbons (Fsp3) is 0.847. The molecular formula is C59H108O6. The Bertz CT molecular complexity index is 1090. The molecule has 6 heteroatoms. The minimum absolute atomic E-state index is 0.0745. The van der Waals surface area contributed by atoms with Gasteiger partial charge in [0.2, 0.25) is 0 Å². The molecule has 0 unspecified atom stereocenters. The number of carbonyl (C=O) groups excluding carboxylic acids is 3. The second-order valence-electron chi connectivity index (χ2n) is 19.2. The van der Waals surface area contributed by atoms with Crippen LogP contribution in [0.15, 0.2) is 36.5 Å². The lowest BCUT2D eigenvalue weighted by atomic mass is 10.0. The Morgan fingerprint density at radius 3 is 0.938 bits per heavy atom. The van der Waals surface area contributed by atoms with Gasteiger partial charge in [-0.15, -0.1) is 0 Å². The second-order valence-corrected chi connectivity index (χ2v) is 19.2. The van der Waals surface area contributed by atoms with Crippen LogP contribution in [0.3, 0.4) is 0 Å². The van der Waals surface area contributed by atoms with Crippen molar-refractivity contribution in [2.45, 2.75) is 309 Å². The lowest BCUT2D eigenvalue weighted by Crippen LogP contribution is -2.30. The molecule has 0 aliphatic heterocycles. The fourth-order valence-electron chi connectivity index (χ4n) is 8.40. The van der Waals surface area contributed by atoms with Gasteiger partial charge < -0.3 is 14.2 Å². The molecule has 0 N–H and O–H groups in total. The third-order valence-electron chi connectivity index (χ3n) is 12.7. The van der Waals surface area contributed by atoms with Crippen molar-refractivity contribution in [3.8, 4) is 0 Å². The minimum atomic E-state index is -0.776. The van der Waals surface area contributed by atoms with Gasteiger partial charge >= 0.3 is 17.9 Å². The van der Waals surface area contributed by atoms with Gasteiger partial charge in [-0.1, -0.05) is 269 Å². The van der Waals surface area contributed by atoms with Crippen LogP contribution in [-0.4, -0.2) is 37.2 Å². The third kappa shape index (κ3) is 52.5. The van der Waals surface area contributed by atoms with E-state index in [4.69, 9.17) is 14.2 Å². The number of hydrogen-bond donors (Lipinski definition) is 0. The highest BCUT2D eigenvalue weighted by atomic mass is 16.6. The van der Waals surface area contributed by atoms with Crippen molar-refractivity contribution >= 4 is 17.9 Å². The van der Waals surface area contributed by atoms with E-state index in [0.29, 0.717) is 19.3 Å². The van der Waals surface area contributed by atoms with Crippen LogP contribution in [-0.2, 0) is 28.6 Å². The molecular weight excluding hydrogens is 805 g/mol. The predicted octanol–water partition coefficient (Wildman–Crippen LogP) is 18.9. The molecule has 0 aromatic heterocycles. The quantitative estimate of drug-likeness (QED) is 0.0262. The number of esters is 3. The highest BCUT2D eigenvalue weighted by Crippen LogP contribution is 2.17. The Labute approximate surface area is 404 Å². The molecule has 0 fully saturated rings. The molecule has 380 valence electrons. The van der Waals surface area contributed by atoms with Crippen LogP contribution >= 0.6 is 0 Å². The van der Waals surface area contributed by atoms with Crippen molar-refractivity contribution < 1.29 is 28.6 Å². The molecule has 0 aliphatic carbocycles. The number of ether oxygens (including phenoxy) is 3. The van der Waals surface area contributed by atoms with Gasteiger partial charge in [-0.25, -0.2) is 0 Å². The first-order valence-electron chi connectivity index (χ1n) is 28.5. The maximum Gasteiger partial charge on any atom is 0.306 e. The fourth-order valence-corrected chi connectivity index (χ4v) is 8.40. The van der Waals surface area contributed by atoms with Gasteiger partial charge in [0.1, 0.15) is 13.2 Å². The summed E-state index contributed by atoms with van der Waals surface area (Å²) < 4.78 is 16.9. The summed E-state index contributed by atoms with van der Waals surface area (Å²) in [6.07, 6.45) is 64.2. The van der Waals surface area contributed by atoms with E-state index in [1.54, 1.807) is 0 Å². The predicted molar refractivity (Wildman–Crippen MR) is 279 cm³/mol. The van der Waals surface area contributed by atoms with Crippen LogP contribution in [0.5, 0.6) is 0 Å². The monoisotopic (exact) mass is 913 g/mol. The molecule has 0 saturated carbocycles. The molecule has 0 amide bonds. The number of hydrogen-bond acceptors (Lipinski definition) is 6. The minimum Gasteiger partial charge on any atom is -0.462 e. The molecule has 0 aromatic carbocycles. The standard InChI is InChI=1S/C59H108O6/c1-4-7-10-13-16-19-22-25-27-28-29-30-32-34-37-40-43-46-49-52-58(61)64-55-56(54-63-57(60)51-48-45-42-39-36-33-24-21-18-15-12-9-6-3)65-59(62)53-50-47-44-41-38-35-31-26-23-20-17-14-11-8-5-2/h8,11,17,20,26,31,56H,4-7,9-10,12-16,18-19,21-25,27-30,32-55H2,1-3H3/b11-8-,20-17-,31-26-/t56-/m1/s1. The van der Waals surface area contributed by atoms with E-state index in [1.807, 2.05) is 0 Å².